The Hall–Kier alpha value is -1.51. The summed E-state index contributed by atoms with van der Waals surface area (Å²) in [7, 11) is -4.38. The fourth-order valence-electron chi connectivity index (χ4n) is 6.04. The van der Waals surface area contributed by atoms with E-state index < -0.39 is 26.5 Å². The number of allylic oxidation sites excluding steroid dienone is 4. The molecule has 0 spiro atoms. The number of phosphoric acid groups is 1. The molecule has 0 aliphatic carbocycles. The molecular weight excluding hydrogens is 689 g/mol. The Labute approximate surface area is 325 Å². The molecular formula is C43H82NO8P. The van der Waals surface area contributed by atoms with Crippen molar-refractivity contribution in [1.29, 1.82) is 0 Å². The fourth-order valence-corrected chi connectivity index (χ4v) is 6.80. The second kappa shape index (κ2) is 40.2. The second-order valence-corrected chi connectivity index (χ2v) is 16.0. The van der Waals surface area contributed by atoms with Crippen LogP contribution in [0.1, 0.15) is 206 Å². The van der Waals surface area contributed by atoms with Gasteiger partial charge in [-0.05, 0) is 64.2 Å². The minimum atomic E-state index is -4.38. The zero-order valence-electron chi connectivity index (χ0n) is 34.3. The van der Waals surface area contributed by atoms with Crippen molar-refractivity contribution in [2.75, 3.05) is 26.4 Å². The minimum Gasteiger partial charge on any atom is -0.462 e. The SMILES string of the molecule is CCCCCCCC/C=C\CCCCCCCCCC(=O)O[C@H](COC(=O)CCCCCCC/C=C\CCCCCCCC)COP(=O)(O)OCCN. The zero-order valence-corrected chi connectivity index (χ0v) is 35.2. The Kier molecular flexibility index (Phi) is 39.0. The minimum absolute atomic E-state index is 0.0526. The topological polar surface area (TPSA) is 134 Å². The molecule has 0 radical (unpaired) electrons. The number of nitrogens with two attached hydrogens (primary N) is 1. The molecule has 9 nitrogen and oxygen atoms in total. The summed E-state index contributed by atoms with van der Waals surface area (Å²) in [5, 5.41) is 0. The number of rotatable bonds is 41. The number of esters is 2. The number of carbonyl (C=O) groups is 2. The molecule has 0 aromatic heterocycles. The van der Waals surface area contributed by atoms with Crippen molar-refractivity contribution in [1.82, 2.24) is 0 Å². The molecule has 2 atom stereocenters. The number of carbonyl (C=O) groups excluding carboxylic acids is 2. The largest absolute Gasteiger partial charge is 0.472 e. The first-order valence-electron chi connectivity index (χ1n) is 21.8. The van der Waals surface area contributed by atoms with Crippen LogP contribution in [0.4, 0.5) is 0 Å². The predicted octanol–water partition coefficient (Wildman–Crippen LogP) is 12.4. The highest BCUT2D eigenvalue weighted by Gasteiger charge is 2.26. The normalized spacial score (nSPS) is 13.5. The van der Waals surface area contributed by atoms with Crippen molar-refractivity contribution in [2.24, 2.45) is 5.73 Å². The second-order valence-electron chi connectivity index (χ2n) is 14.6. The monoisotopic (exact) mass is 772 g/mol. The van der Waals surface area contributed by atoms with E-state index in [-0.39, 0.29) is 38.6 Å². The Morgan fingerprint density at radius 2 is 0.925 bits per heavy atom. The molecule has 0 bridgehead atoms. The maximum atomic E-state index is 12.6. The van der Waals surface area contributed by atoms with Gasteiger partial charge in [0, 0.05) is 19.4 Å². The molecule has 0 fully saturated rings. The number of hydrogen-bond acceptors (Lipinski definition) is 8. The lowest BCUT2D eigenvalue weighted by Gasteiger charge is -2.19. The molecule has 312 valence electrons. The van der Waals surface area contributed by atoms with Gasteiger partial charge in [0.1, 0.15) is 6.61 Å². The van der Waals surface area contributed by atoms with Gasteiger partial charge >= 0.3 is 19.8 Å². The number of phosphoric ester groups is 1. The van der Waals surface area contributed by atoms with Gasteiger partial charge < -0.3 is 20.1 Å². The van der Waals surface area contributed by atoms with Gasteiger partial charge in [-0.1, -0.05) is 154 Å². The van der Waals surface area contributed by atoms with Gasteiger partial charge in [-0.3, -0.25) is 18.6 Å². The summed E-state index contributed by atoms with van der Waals surface area (Å²) in [6, 6.07) is 0. The van der Waals surface area contributed by atoms with Crippen LogP contribution in [0.5, 0.6) is 0 Å². The molecule has 0 amide bonds. The van der Waals surface area contributed by atoms with Crippen molar-refractivity contribution in [3.8, 4) is 0 Å². The standard InChI is InChI=1S/C43H82NO8P/c1-3-5-7-9-11-13-15-17-19-20-22-24-26-28-30-32-34-36-43(46)52-41(40-51-53(47,48)50-38-37-44)39-49-42(45)35-33-31-29-27-25-23-21-18-16-14-12-10-8-6-4-2/h17-19,21,41H,3-16,20,22-40,44H2,1-2H3,(H,47,48)/b19-17-,21-18-/t41-/m1/s1. The van der Waals surface area contributed by atoms with E-state index in [4.69, 9.17) is 24.3 Å². The number of hydrogen-bond donors (Lipinski definition) is 2. The Morgan fingerprint density at radius 1 is 0.547 bits per heavy atom. The van der Waals surface area contributed by atoms with Gasteiger partial charge in [0.15, 0.2) is 6.10 Å². The van der Waals surface area contributed by atoms with E-state index in [1.807, 2.05) is 0 Å². The molecule has 0 heterocycles. The lowest BCUT2D eigenvalue weighted by Crippen LogP contribution is -2.29. The summed E-state index contributed by atoms with van der Waals surface area (Å²) in [4.78, 5) is 34.8. The van der Waals surface area contributed by atoms with E-state index in [1.54, 1.807) is 0 Å². The molecule has 0 saturated heterocycles. The molecule has 0 aromatic carbocycles. The number of ether oxygens (including phenoxy) is 2. The van der Waals surface area contributed by atoms with Crippen LogP contribution in [0, 0.1) is 0 Å². The van der Waals surface area contributed by atoms with Gasteiger partial charge in [-0.25, -0.2) is 4.57 Å². The first kappa shape index (κ1) is 51.5. The van der Waals surface area contributed by atoms with Crippen molar-refractivity contribution in [2.45, 2.75) is 213 Å². The quantitative estimate of drug-likeness (QED) is 0.0269. The highest BCUT2D eigenvalue weighted by molar-refractivity contribution is 7.47. The van der Waals surface area contributed by atoms with Crippen LogP contribution in [0.2, 0.25) is 0 Å². The zero-order chi connectivity index (χ0) is 38.9. The van der Waals surface area contributed by atoms with E-state index in [2.05, 4.69) is 38.2 Å². The predicted molar refractivity (Wildman–Crippen MR) is 220 cm³/mol. The first-order chi connectivity index (χ1) is 25.8. The lowest BCUT2D eigenvalue weighted by molar-refractivity contribution is -0.161. The van der Waals surface area contributed by atoms with Crippen LogP contribution in [-0.4, -0.2) is 49.3 Å². The van der Waals surface area contributed by atoms with Crippen LogP contribution in [-0.2, 0) is 32.7 Å². The van der Waals surface area contributed by atoms with E-state index in [9.17, 15) is 19.0 Å². The summed E-state index contributed by atoms with van der Waals surface area (Å²) < 4.78 is 32.8. The van der Waals surface area contributed by atoms with Gasteiger partial charge in [0.2, 0.25) is 0 Å². The van der Waals surface area contributed by atoms with E-state index >= 15 is 0 Å². The molecule has 3 N–H and O–H groups in total. The van der Waals surface area contributed by atoms with Gasteiger partial charge in [0.25, 0.3) is 0 Å². The third-order valence-electron chi connectivity index (χ3n) is 9.31. The molecule has 0 rings (SSSR count). The average Bonchev–Trinajstić information content (AvgIpc) is 3.14. The number of unbranched alkanes of at least 4 members (excludes halogenated alkanes) is 24. The van der Waals surface area contributed by atoms with Gasteiger partial charge in [-0.2, -0.15) is 0 Å². The Balaban J connectivity index is 4.16. The molecule has 10 heteroatoms. The van der Waals surface area contributed by atoms with Gasteiger partial charge in [-0.15, -0.1) is 0 Å². The average molecular weight is 772 g/mol. The molecule has 0 aliphatic heterocycles. The summed E-state index contributed by atoms with van der Waals surface area (Å²) >= 11 is 0. The van der Waals surface area contributed by atoms with Crippen molar-refractivity contribution < 1.29 is 37.6 Å². The first-order valence-corrected chi connectivity index (χ1v) is 23.3. The smallest absolute Gasteiger partial charge is 0.462 e. The molecule has 53 heavy (non-hydrogen) atoms. The van der Waals surface area contributed by atoms with Gasteiger partial charge in [0.05, 0.1) is 13.2 Å². The molecule has 0 aliphatic rings. The van der Waals surface area contributed by atoms with Crippen LogP contribution in [0.25, 0.3) is 0 Å². The third-order valence-corrected chi connectivity index (χ3v) is 10.3. The van der Waals surface area contributed by atoms with E-state index in [0.717, 1.165) is 64.2 Å². The van der Waals surface area contributed by atoms with E-state index in [1.165, 1.54) is 109 Å². The summed E-state index contributed by atoms with van der Waals surface area (Å²) in [5.41, 5.74) is 5.34. The van der Waals surface area contributed by atoms with Crippen LogP contribution < -0.4 is 5.73 Å². The summed E-state index contributed by atoms with van der Waals surface area (Å²) in [5.74, 6) is -0.838. The van der Waals surface area contributed by atoms with Crippen molar-refractivity contribution in [3.05, 3.63) is 24.3 Å². The van der Waals surface area contributed by atoms with Crippen LogP contribution in [0.15, 0.2) is 24.3 Å². The Morgan fingerprint density at radius 3 is 1.34 bits per heavy atom. The van der Waals surface area contributed by atoms with E-state index in [0.29, 0.717) is 6.42 Å². The van der Waals surface area contributed by atoms with Crippen molar-refractivity contribution >= 4 is 19.8 Å². The third kappa shape index (κ3) is 40.0. The Bertz CT molecular complexity index is 928. The lowest BCUT2D eigenvalue weighted by atomic mass is 10.1. The van der Waals surface area contributed by atoms with Crippen LogP contribution in [0.3, 0.4) is 0 Å². The highest BCUT2D eigenvalue weighted by atomic mass is 31.2. The van der Waals surface area contributed by atoms with Crippen LogP contribution >= 0.6 is 7.82 Å². The maximum Gasteiger partial charge on any atom is 0.472 e. The molecule has 1 unspecified atom stereocenters. The van der Waals surface area contributed by atoms with Crippen molar-refractivity contribution in [3.63, 3.8) is 0 Å². The molecule has 0 aromatic rings. The molecule has 0 saturated carbocycles. The maximum absolute atomic E-state index is 12.6. The summed E-state index contributed by atoms with van der Waals surface area (Å²) in [6.07, 6.45) is 42.0. The summed E-state index contributed by atoms with van der Waals surface area (Å²) in [6.45, 7) is 3.72. The fraction of sp³-hybridized carbons (Fsp3) is 0.860. The highest BCUT2D eigenvalue weighted by Crippen LogP contribution is 2.43.